The number of amides is 1. The van der Waals surface area contributed by atoms with E-state index in [9.17, 15) is 18.0 Å². The van der Waals surface area contributed by atoms with Gasteiger partial charge in [-0.2, -0.15) is 13.2 Å². The van der Waals surface area contributed by atoms with Crippen molar-refractivity contribution < 1.29 is 22.4 Å². The highest BCUT2D eigenvalue weighted by molar-refractivity contribution is 7.99. The van der Waals surface area contributed by atoms with E-state index in [1.165, 1.54) is 22.4 Å². The van der Waals surface area contributed by atoms with Crippen molar-refractivity contribution in [1.82, 2.24) is 9.97 Å². The maximum Gasteiger partial charge on any atom is 0.433 e. The Balaban J connectivity index is 1.27. The smallest absolute Gasteiger partial charge is 0.433 e. The van der Waals surface area contributed by atoms with Gasteiger partial charge >= 0.3 is 6.18 Å². The van der Waals surface area contributed by atoms with E-state index in [2.05, 4.69) is 36.1 Å². The number of fused-ring (bicyclic) bond motifs is 1. The first kappa shape index (κ1) is 31.7. The van der Waals surface area contributed by atoms with Crippen LogP contribution in [-0.2, 0) is 19.0 Å². The minimum atomic E-state index is -4.64. The highest BCUT2D eigenvalue weighted by atomic mass is 32.2. The number of benzene rings is 2. The first-order chi connectivity index (χ1) is 21.9. The van der Waals surface area contributed by atoms with Gasteiger partial charge in [0.25, 0.3) is 5.91 Å². The van der Waals surface area contributed by atoms with Gasteiger partial charge in [0.1, 0.15) is 16.5 Å². The lowest BCUT2D eigenvalue weighted by Gasteiger charge is -2.33. The zero-order valence-electron chi connectivity index (χ0n) is 25.4. The van der Waals surface area contributed by atoms with E-state index >= 15 is 0 Å². The summed E-state index contributed by atoms with van der Waals surface area (Å²) in [6, 6.07) is 22.2. The summed E-state index contributed by atoms with van der Waals surface area (Å²) in [5.74, 6) is 0.661. The molecule has 46 heavy (non-hydrogen) atoms. The molecule has 11 heteroatoms. The van der Waals surface area contributed by atoms with Gasteiger partial charge in [-0.15, -0.1) is 11.3 Å². The van der Waals surface area contributed by atoms with Crippen molar-refractivity contribution in [3.8, 4) is 11.3 Å². The molecule has 0 bridgehead atoms. The molecule has 6 nitrogen and oxygen atoms in total. The van der Waals surface area contributed by atoms with Crippen LogP contribution < -0.4 is 5.32 Å². The van der Waals surface area contributed by atoms with Crippen molar-refractivity contribution in [3.05, 3.63) is 106 Å². The molecule has 1 aliphatic carbocycles. The molecule has 1 aliphatic rings. The fourth-order valence-electron chi connectivity index (χ4n) is 5.39. The predicted molar refractivity (Wildman–Crippen MR) is 176 cm³/mol. The van der Waals surface area contributed by atoms with Crippen LogP contribution in [0.25, 0.3) is 11.3 Å². The van der Waals surface area contributed by atoms with Crippen LogP contribution in [0.1, 0.15) is 59.4 Å². The van der Waals surface area contributed by atoms with Crippen LogP contribution in [0.15, 0.2) is 98.5 Å². The Morgan fingerprint density at radius 2 is 1.74 bits per heavy atom. The minimum absolute atomic E-state index is 0.0919. The Labute approximate surface area is 273 Å². The van der Waals surface area contributed by atoms with Gasteiger partial charge in [0.15, 0.2) is 10.2 Å². The van der Waals surface area contributed by atoms with Crippen LogP contribution in [0.3, 0.4) is 0 Å². The maximum atomic E-state index is 13.7. The van der Waals surface area contributed by atoms with Gasteiger partial charge in [0.05, 0.1) is 17.5 Å². The number of para-hydroxylation sites is 1. The van der Waals surface area contributed by atoms with Crippen molar-refractivity contribution in [2.45, 2.75) is 56.5 Å². The number of alkyl halides is 3. The Hall–Kier alpha value is -4.22. The Bertz CT molecular complexity index is 1880. The molecule has 236 valence electrons. The number of halogens is 3. The number of carbonyl (C=O) groups is 1. The first-order valence-electron chi connectivity index (χ1n) is 14.8. The average Bonchev–Trinajstić information content (AvgIpc) is 3.63. The molecule has 0 spiro atoms. The number of furan rings is 1. The molecular formula is C35H31F3N4O2S2. The first-order valence-corrected chi connectivity index (χ1v) is 16.4. The van der Waals surface area contributed by atoms with Crippen LogP contribution in [0.2, 0.25) is 0 Å². The van der Waals surface area contributed by atoms with E-state index in [0.29, 0.717) is 38.6 Å². The monoisotopic (exact) mass is 660 g/mol. The molecule has 0 unspecified atom stereocenters. The molecule has 0 saturated carbocycles. The fraction of sp³-hybridized carbons (Fsp3) is 0.257. The molecule has 1 amide bonds. The molecule has 2 aromatic carbocycles. The number of aromatic nitrogens is 2. The second-order valence-corrected chi connectivity index (χ2v) is 14.2. The SMILES string of the molecule is CC(C)(C)[C@H]1CCc2c(sc(N=Cc3ccc(Sc4nc(-c5ccccc5)cc(C(F)(F)F)n4)o3)c2C(=O)Nc2ccccc2)C1. The third-order valence-electron chi connectivity index (χ3n) is 7.90. The van der Waals surface area contributed by atoms with Crippen molar-refractivity contribution in [2.24, 2.45) is 16.3 Å². The quantitative estimate of drug-likeness (QED) is 0.139. The number of hydrogen-bond acceptors (Lipinski definition) is 7. The lowest BCUT2D eigenvalue weighted by molar-refractivity contribution is -0.141. The number of carbonyl (C=O) groups excluding carboxylic acids is 1. The zero-order valence-corrected chi connectivity index (χ0v) is 27.0. The van der Waals surface area contributed by atoms with Crippen molar-refractivity contribution in [3.63, 3.8) is 0 Å². The molecule has 3 aromatic heterocycles. The lowest BCUT2D eigenvalue weighted by atomic mass is 9.72. The summed E-state index contributed by atoms with van der Waals surface area (Å²) >= 11 is 2.41. The molecule has 0 saturated heterocycles. The topological polar surface area (TPSA) is 80.4 Å². The molecule has 1 atom stereocenters. The highest BCUT2D eigenvalue weighted by Crippen LogP contribution is 2.45. The molecule has 0 fully saturated rings. The molecular weight excluding hydrogens is 630 g/mol. The normalized spacial score (nSPS) is 15.2. The summed E-state index contributed by atoms with van der Waals surface area (Å²) < 4.78 is 46.9. The summed E-state index contributed by atoms with van der Waals surface area (Å²) in [4.78, 5) is 27.6. The summed E-state index contributed by atoms with van der Waals surface area (Å²) in [5, 5.41) is 3.81. The van der Waals surface area contributed by atoms with Crippen LogP contribution in [0, 0.1) is 11.3 Å². The number of rotatable bonds is 7. The van der Waals surface area contributed by atoms with Crippen LogP contribution in [0.4, 0.5) is 23.9 Å². The van der Waals surface area contributed by atoms with Crippen molar-refractivity contribution in [1.29, 1.82) is 0 Å². The van der Waals surface area contributed by atoms with E-state index in [4.69, 9.17) is 9.41 Å². The largest absolute Gasteiger partial charge is 0.448 e. The summed E-state index contributed by atoms with van der Waals surface area (Å²) in [6.45, 7) is 6.74. The van der Waals surface area contributed by atoms with Crippen molar-refractivity contribution >= 4 is 45.9 Å². The number of hydrogen-bond donors (Lipinski definition) is 1. The van der Waals surface area contributed by atoms with Gasteiger partial charge < -0.3 is 9.73 Å². The van der Waals surface area contributed by atoms with Gasteiger partial charge in [-0.05, 0) is 78.3 Å². The van der Waals surface area contributed by atoms with Crippen LogP contribution in [-0.4, -0.2) is 22.1 Å². The molecule has 0 radical (unpaired) electrons. The van der Waals surface area contributed by atoms with Gasteiger partial charge in [0.2, 0.25) is 0 Å². The standard InChI is InChI=1S/C35H31F3N4O2S2/c1-34(2,3)22-14-16-25-27(18-22)45-32(30(25)31(43)40-23-12-8-5-9-13-23)39-20-24-15-17-29(44-24)46-33-41-26(21-10-6-4-7-11-21)19-28(42-33)35(36,37)38/h4-13,15,17,19-20,22H,14,16,18H2,1-3H3,(H,40,43)/t22-/m0/s1. The van der Waals surface area contributed by atoms with E-state index in [1.807, 2.05) is 30.3 Å². The number of nitrogens with zero attached hydrogens (tertiary/aromatic N) is 3. The fourth-order valence-corrected chi connectivity index (χ4v) is 7.41. The Kier molecular flexibility index (Phi) is 8.89. The Morgan fingerprint density at radius 3 is 2.43 bits per heavy atom. The minimum Gasteiger partial charge on any atom is -0.448 e. The molecule has 1 N–H and O–H groups in total. The van der Waals surface area contributed by atoms with Gasteiger partial charge in [-0.3, -0.25) is 4.79 Å². The van der Waals surface area contributed by atoms with Gasteiger partial charge in [-0.25, -0.2) is 15.0 Å². The second-order valence-electron chi connectivity index (χ2n) is 12.1. The summed E-state index contributed by atoms with van der Waals surface area (Å²) in [6.07, 6.45) is -0.437. The molecule has 3 heterocycles. The highest BCUT2D eigenvalue weighted by Gasteiger charge is 2.35. The van der Waals surface area contributed by atoms with E-state index in [1.54, 1.807) is 42.5 Å². The summed E-state index contributed by atoms with van der Waals surface area (Å²) in [5.41, 5.74) is 2.13. The van der Waals surface area contributed by atoms with Crippen molar-refractivity contribution in [2.75, 3.05) is 5.32 Å². The van der Waals surface area contributed by atoms with E-state index in [0.717, 1.165) is 42.7 Å². The number of nitrogens with one attached hydrogen (secondary N) is 1. The van der Waals surface area contributed by atoms with E-state index in [-0.39, 0.29) is 22.2 Å². The van der Waals surface area contributed by atoms with Gasteiger partial charge in [-0.1, -0.05) is 69.3 Å². The number of anilines is 1. The zero-order chi connectivity index (χ0) is 32.5. The second kappa shape index (κ2) is 12.9. The predicted octanol–water partition coefficient (Wildman–Crippen LogP) is 10.1. The lowest BCUT2D eigenvalue weighted by Crippen LogP contribution is -2.27. The van der Waals surface area contributed by atoms with E-state index < -0.39 is 11.9 Å². The van der Waals surface area contributed by atoms with Gasteiger partial charge in [0, 0.05) is 16.1 Å². The molecule has 6 rings (SSSR count). The van der Waals surface area contributed by atoms with Crippen LogP contribution in [0.5, 0.6) is 0 Å². The third-order valence-corrected chi connectivity index (χ3v) is 9.85. The third kappa shape index (κ3) is 7.26. The number of thiophene rings is 1. The maximum absolute atomic E-state index is 13.7. The van der Waals surface area contributed by atoms with Crippen LogP contribution >= 0.6 is 23.1 Å². The Morgan fingerprint density at radius 1 is 1.02 bits per heavy atom. The number of aliphatic imine (C=N–C) groups is 1. The summed E-state index contributed by atoms with van der Waals surface area (Å²) in [7, 11) is 0. The molecule has 5 aromatic rings. The molecule has 0 aliphatic heterocycles. The average molecular weight is 661 g/mol.